The van der Waals surface area contributed by atoms with E-state index in [1.807, 2.05) is 32.9 Å². The molecule has 0 spiro atoms. The number of nitrogens with zero attached hydrogens (tertiary/aromatic N) is 2. The second kappa shape index (κ2) is 12.8. The van der Waals surface area contributed by atoms with Gasteiger partial charge in [-0.3, -0.25) is 19.7 Å². The van der Waals surface area contributed by atoms with Crippen LogP contribution in [0.4, 0.5) is 11.4 Å². The summed E-state index contributed by atoms with van der Waals surface area (Å²) in [7, 11) is 0. The number of rotatable bonds is 11. The van der Waals surface area contributed by atoms with Crippen LogP contribution in [0.3, 0.4) is 0 Å². The third-order valence-electron chi connectivity index (χ3n) is 5.19. The van der Waals surface area contributed by atoms with Gasteiger partial charge in [0.2, 0.25) is 11.8 Å². The summed E-state index contributed by atoms with van der Waals surface area (Å²) in [6.07, 6.45) is 1.06. The summed E-state index contributed by atoms with van der Waals surface area (Å²) in [5, 5.41) is 17.4. The summed E-state index contributed by atoms with van der Waals surface area (Å²) in [5.41, 5.74) is 6.42. The van der Waals surface area contributed by atoms with Gasteiger partial charge in [0.1, 0.15) is 13.0 Å². The van der Waals surface area contributed by atoms with Gasteiger partial charge in [0.15, 0.2) is 11.5 Å². The van der Waals surface area contributed by atoms with Crippen LogP contribution in [0.25, 0.3) is 0 Å². The third kappa shape index (κ3) is 8.17. The molecule has 2 amide bonds. The Morgan fingerprint density at radius 1 is 0.973 bits per heavy atom. The largest absolute Gasteiger partial charge is 0.490 e. The molecule has 3 aromatic carbocycles. The molecular weight excluding hydrogens is 476 g/mol. The van der Waals surface area contributed by atoms with Gasteiger partial charge in [-0.25, -0.2) is 5.43 Å². The van der Waals surface area contributed by atoms with Crippen LogP contribution in [0, 0.1) is 24.0 Å². The van der Waals surface area contributed by atoms with Crippen LogP contribution in [0.1, 0.15) is 35.6 Å². The molecule has 0 bridgehead atoms. The number of nitrogens with one attached hydrogen (secondary N) is 2. The van der Waals surface area contributed by atoms with Crippen LogP contribution in [-0.2, 0) is 16.2 Å². The maximum atomic E-state index is 12.2. The second-order valence-electron chi connectivity index (χ2n) is 8.19. The van der Waals surface area contributed by atoms with Crippen molar-refractivity contribution in [3.63, 3.8) is 0 Å². The molecule has 37 heavy (non-hydrogen) atoms. The van der Waals surface area contributed by atoms with Crippen molar-refractivity contribution < 1.29 is 24.0 Å². The van der Waals surface area contributed by atoms with E-state index in [9.17, 15) is 19.7 Å². The number of non-ortho nitro benzene ring substituents is 1. The molecule has 0 aliphatic carbocycles. The molecule has 0 aliphatic rings. The Labute approximate surface area is 214 Å². The first kappa shape index (κ1) is 26.9. The van der Waals surface area contributed by atoms with E-state index in [0.717, 1.165) is 16.7 Å². The topological polar surface area (TPSA) is 132 Å². The number of nitro groups is 1. The van der Waals surface area contributed by atoms with E-state index in [2.05, 4.69) is 15.8 Å². The highest BCUT2D eigenvalue weighted by Gasteiger charge is 2.11. The fourth-order valence-electron chi connectivity index (χ4n) is 3.38. The van der Waals surface area contributed by atoms with Crippen LogP contribution >= 0.6 is 0 Å². The molecule has 0 radical (unpaired) electrons. The zero-order valence-corrected chi connectivity index (χ0v) is 20.8. The zero-order chi connectivity index (χ0) is 26.8. The molecule has 0 aliphatic heterocycles. The van der Waals surface area contributed by atoms with Gasteiger partial charge in [-0.05, 0) is 73.9 Å². The molecular formula is C27H28N4O6. The lowest BCUT2D eigenvalue weighted by atomic mass is 10.1. The second-order valence-corrected chi connectivity index (χ2v) is 8.19. The van der Waals surface area contributed by atoms with Gasteiger partial charge < -0.3 is 14.8 Å². The number of carbonyl (C=O) groups is 2. The van der Waals surface area contributed by atoms with Crippen molar-refractivity contribution in [3.8, 4) is 11.5 Å². The first-order valence-corrected chi connectivity index (χ1v) is 11.6. The SMILES string of the molecule is CCOc1cc(C=NNC(=O)CC(=O)Nc2ccc(C)cc2C)ccc1OCc1ccc([N+](=O)[O-])cc1. The van der Waals surface area contributed by atoms with Crippen molar-refractivity contribution in [3.05, 3.63) is 93.0 Å². The normalized spacial score (nSPS) is 10.7. The van der Waals surface area contributed by atoms with E-state index < -0.39 is 16.7 Å². The van der Waals surface area contributed by atoms with Crippen molar-refractivity contribution >= 4 is 29.4 Å². The molecule has 3 aromatic rings. The molecule has 0 unspecified atom stereocenters. The number of anilines is 1. The minimum Gasteiger partial charge on any atom is -0.490 e. The molecule has 192 valence electrons. The van der Waals surface area contributed by atoms with Crippen molar-refractivity contribution in [2.75, 3.05) is 11.9 Å². The Balaban J connectivity index is 1.54. The van der Waals surface area contributed by atoms with Gasteiger partial charge >= 0.3 is 0 Å². The molecule has 0 heterocycles. The highest BCUT2D eigenvalue weighted by Crippen LogP contribution is 2.29. The molecule has 0 aromatic heterocycles. The van der Waals surface area contributed by atoms with E-state index in [1.54, 1.807) is 36.4 Å². The van der Waals surface area contributed by atoms with E-state index >= 15 is 0 Å². The lowest BCUT2D eigenvalue weighted by Crippen LogP contribution is -2.24. The van der Waals surface area contributed by atoms with Gasteiger partial charge in [-0.2, -0.15) is 5.10 Å². The molecule has 0 saturated carbocycles. The Hall–Kier alpha value is -4.73. The highest BCUT2D eigenvalue weighted by molar-refractivity contribution is 6.04. The summed E-state index contributed by atoms with van der Waals surface area (Å²) >= 11 is 0. The third-order valence-corrected chi connectivity index (χ3v) is 5.19. The average Bonchev–Trinajstić information content (AvgIpc) is 2.85. The van der Waals surface area contributed by atoms with Crippen LogP contribution < -0.4 is 20.2 Å². The molecule has 0 atom stereocenters. The predicted octanol–water partition coefficient (Wildman–Crippen LogP) is 4.67. The first-order valence-electron chi connectivity index (χ1n) is 11.6. The highest BCUT2D eigenvalue weighted by atomic mass is 16.6. The van der Waals surface area contributed by atoms with E-state index in [-0.39, 0.29) is 18.7 Å². The Morgan fingerprint density at radius 2 is 1.73 bits per heavy atom. The summed E-state index contributed by atoms with van der Waals surface area (Å²) in [6.45, 7) is 6.29. The number of nitro benzene ring substituents is 1. The molecule has 0 saturated heterocycles. The van der Waals surface area contributed by atoms with Crippen molar-refractivity contribution in [2.45, 2.75) is 33.8 Å². The molecule has 3 rings (SSSR count). The van der Waals surface area contributed by atoms with Gasteiger partial charge in [-0.15, -0.1) is 0 Å². The van der Waals surface area contributed by atoms with Gasteiger partial charge in [-0.1, -0.05) is 17.7 Å². The predicted molar refractivity (Wildman–Crippen MR) is 140 cm³/mol. The summed E-state index contributed by atoms with van der Waals surface area (Å²) in [5.74, 6) is -0.0172. The van der Waals surface area contributed by atoms with Crippen LogP contribution in [0.15, 0.2) is 65.8 Å². The number of ether oxygens (including phenoxy) is 2. The first-order chi connectivity index (χ1) is 17.7. The quantitative estimate of drug-likeness (QED) is 0.169. The number of hydrazone groups is 1. The molecule has 0 fully saturated rings. The Kier molecular flexibility index (Phi) is 9.31. The number of amides is 2. The Morgan fingerprint density at radius 3 is 2.41 bits per heavy atom. The fraction of sp³-hybridized carbons (Fsp3) is 0.222. The van der Waals surface area contributed by atoms with Crippen molar-refractivity contribution in [1.29, 1.82) is 0 Å². The lowest BCUT2D eigenvalue weighted by Gasteiger charge is -2.12. The number of hydrogen-bond donors (Lipinski definition) is 2. The van der Waals surface area contributed by atoms with Gasteiger partial charge in [0, 0.05) is 17.8 Å². The van der Waals surface area contributed by atoms with Crippen LogP contribution in [0.5, 0.6) is 11.5 Å². The van der Waals surface area contributed by atoms with Crippen LogP contribution in [-0.4, -0.2) is 29.6 Å². The van der Waals surface area contributed by atoms with Gasteiger partial charge in [0.05, 0.1) is 17.7 Å². The molecule has 10 heteroatoms. The van der Waals surface area contributed by atoms with Crippen molar-refractivity contribution in [1.82, 2.24) is 5.43 Å². The maximum absolute atomic E-state index is 12.2. The van der Waals surface area contributed by atoms with E-state index in [1.165, 1.54) is 18.3 Å². The van der Waals surface area contributed by atoms with Crippen molar-refractivity contribution in [2.24, 2.45) is 5.10 Å². The molecule has 10 nitrogen and oxygen atoms in total. The van der Waals surface area contributed by atoms with E-state index in [0.29, 0.717) is 29.4 Å². The maximum Gasteiger partial charge on any atom is 0.269 e. The van der Waals surface area contributed by atoms with Gasteiger partial charge in [0.25, 0.3) is 5.69 Å². The standard InChI is InChI=1S/C27H28N4O6/c1-4-36-25-14-21(8-12-24(25)37-17-20-6-9-22(10-7-20)31(34)35)16-28-30-27(33)15-26(32)29-23-11-5-18(2)13-19(23)3/h5-14,16H,4,15,17H2,1-3H3,(H,29,32)(H,30,33). The summed E-state index contributed by atoms with van der Waals surface area (Å²) in [4.78, 5) is 34.6. The summed E-state index contributed by atoms with van der Waals surface area (Å²) in [6, 6.07) is 16.9. The number of benzene rings is 3. The number of aryl methyl sites for hydroxylation is 2. The minimum absolute atomic E-state index is 0.0106. The average molecular weight is 505 g/mol. The number of carbonyl (C=O) groups excluding carboxylic acids is 2. The minimum atomic E-state index is -0.549. The fourth-order valence-corrected chi connectivity index (χ4v) is 3.38. The lowest BCUT2D eigenvalue weighted by molar-refractivity contribution is -0.384. The monoisotopic (exact) mass is 504 g/mol. The number of hydrogen-bond acceptors (Lipinski definition) is 7. The smallest absolute Gasteiger partial charge is 0.269 e. The summed E-state index contributed by atoms with van der Waals surface area (Å²) < 4.78 is 11.5. The zero-order valence-electron chi connectivity index (χ0n) is 20.8. The van der Waals surface area contributed by atoms with Crippen LogP contribution in [0.2, 0.25) is 0 Å². The Bertz CT molecular complexity index is 1300. The van der Waals surface area contributed by atoms with E-state index in [4.69, 9.17) is 9.47 Å². The molecule has 2 N–H and O–H groups in total.